The van der Waals surface area contributed by atoms with Gasteiger partial charge in [-0.3, -0.25) is 0 Å². The lowest BCUT2D eigenvalue weighted by molar-refractivity contribution is 0.417. The van der Waals surface area contributed by atoms with Crippen LogP contribution in [0.4, 0.5) is 14.7 Å². The molecule has 0 aliphatic rings. The van der Waals surface area contributed by atoms with Gasteiger partial charge in [0, 0.05) is 17.6 Å². The van der Waals surface area contributed by atoms with Gasteiger partial charge in [0.05, 0.1) is 6.20 Å². The maximum Gasteiger partial charge on any atom is 0.260 e. The number of anilines is 1. The van der Waals surface area contributed by atoms with Crippen molar-refractivity contribution in [2.24, 2.45) is 0 Å². The monoisotopic (exact) mass is 315 g/mol. The molecule has 0 saturated heterocycles. The zero-order valence-electron chi connectivity index (χ0n) is 9.25. The summed E-state index contributed by atoms with van der Waals surface area (Å²) in [6.07, 6.45) is 0.975. The lowest BCUT2D eigenvalue weighted by atomic mass is 10.3. The Bertz CT molecular complexity index is 560. The van der Waals surface area contributed by atoms with Crippen LogP contribution in [0.1, 0.15) is 0 Å². The predicted molar refractivity (Wildman–Crippen MR) is 65.7 cm³/mol. The summed E-state index contributed by atoms with van der Waals surface area (Å²) in [7, 11) is 1.59. The molecule has 0 unspecified atom stereocenters. The third-order valence-corrected chi connectivity index (χ3v) is 2.44. The first-order valence-corrected chi connectivity index (χ1v) is 5.72. The van der Waals surface area contributed by atoms with Crippen LogP contribution in [0.25, 0.3) is 0 Å². The average molecular weight is 316 g/mol. The Hall–Kier alpha value is -1.76. The number of ether oxygens (including phenoxy) is 1. The van der Waals surface area contributed by atoms with Gasteiger partial charge in [-0.2, -0.15) is 9.37 Å². The van der Waals surface area contributed by atoms with E-state index in [9.17, 15) is 8.78 Å². The minimum Gasteiger partial charge on any atom is -0.436 e. The number of benzene rings is 1. The van der Waals surface area contributed by atoms with E-state index < -0.39 is 11.6 Å². The number of rotatable bonds is 3. The average Bonchev–Trinajstić information content (AvgIpc) is 2.30. The Morgan fingerprint density at radius 2 is 2.06 bits per heavy atom. The highest BCUT2D eigenvalue weighted by molar-refractivity contribution is 9.10. The fourth-order valence-electron chi connectivity index (χ4n) is 1.24. The van der Waals surface area contributed by atoms with E-state index in [1.807, 2.05) is 0 Å². The van der Waals surface area contributed by atoms with Gasteiger partial charge in [-0.1, -0.05) is 15.9 Å². The Balaban J connectivity index is 2.33. The van der Waals surface area contributed by atoms with Crippen molar-refractivity contribution in [1.82, 2.24) is 9.97 Å². The van der Waals surface area contributed by atoms with Crippen molar-refractivity contribution in [3.8, 4) is 11.6 Å². The second kappa shape index (κ2) is 5.26. The van der Waals surface area contributed by atoms with E-state index in [4.69, 9.17) is 4.74 Å². The van der Waals surface area contributed by atoms with Crippen LogP contribution in [0.3, 0.4) is 0 Å². The van der Waals surface area contributed by atoms with Gasteiger partial charge in [-0.25, -0.2) is 9.37 Å². The highest BCUT2D eigenvalue weighted by Gasteiger charge is 2.10. The molecule has 7 heteroatoms. The van der Waals surface area contributed by atoms with E-state index >= 15 is 0 Å². The first kappa shape index (κ1) is 12.7. The zero-order chi connectivity index (χ0) is 13.1. The van der Waals surface area contributed by atoms with Crippen LogP contribution >= 0.6 is 15.9 Å². The van der Waals surface area contributed by atoms with Crippen LogP contribution in [0.2, 0.25) is 0 Å². The standard InChI is InChI=1S/C11H8BrF2N3O/c1-15-11-16-5-9(14)10(17-11)18-8-3-6(12)2-7(13)4-8/h2-5H,1H3,(H,15,16,17). The van der Waals surface area contributed by atoms with Gasteiger partial charge in [0.1, 0.15) is 11.6 Å². The fourth-order valence-corrected chi connectivity index (χ4v) is 1.69. The molecule has 0 spiro atoms. The van der Waals surface area contributed by atoms with Crippen LogP contribution in [-0.4, -0.2) is 17.0 Å². The number of nitrogens with one attached hydrogen (secondary N) is 1. The molecular formula is C11H8BrF2N3O. The Labute approximate surface area is 110 Å². The van der Waals surface area contributed by atoms with Crippen molar-refractivity contribution >= 4 is 21.9 Å². The second-order valence-electron chi connectivity index (χ2n) is 3.30. The third kappa shape index (κ3) is 2.92. The highest BCUT2D eigenvalue weighted by Crippen LogP contribution is 2.26. The van der Waals surface area contributed by atoms with E-state index in [0.717, 1.165) is 12.3 Å². The van der Waals surface area contributed by atoms with E-state index in [0.29, 0.717) is 4.47 Å². The molecule has 0 saturated carbocycles. The highest BCUT2D eigenvalue weighted by atomic mass is 79.9. The van der Waals surface area contributed by atoms with Crippen LogP contribution in [-0.2, 0) is 0 Å². The van der Waals surface area contributed by atoms with Crippen molar-refractivity contribution < 1.29 is 13.5 Å². The topological polar surface area (TPSA) is 47.0 Å². The SMILES string of the molecule is CNc1ncc(F)c(Oc2cc(F)cc(Br)c2)n1. The van der Waals surface area contributed by atoms with Gasteiger partial charge < -0.3 is 10.1 Å². The minimum absolute atomic E-state index is 0.140. The van der Waals surface area contributed by atoms with Crippen LogP contribution in [0.5, 0.6) is 11.6 Å². The summed E-state index contributed by atoms with van der Waals surface area (Å²) in [6.45, 7) is 0. The Kier molecular flexibility index (Phi) is 3.71. The van der Waals surface area contributed by atoms with Gasteiger partial charge in [0.15, 0.2) is 0 Å². The lowest BCUT2D eigenvalue weighted by Gasteiger charge is -2.07. The van der Waals surface area contributed by atoms with Crippen LogP contribution in [0.15, 0.2) is 28.9 Å². The van der Waals surface area contributed by atoms with Crippen LogP contribution in [0, 0.1) is 11.6 Å². The van der Waals surface area contributed by atoms with Gasteiger partial charge in [-0.15, -0.1) is 0 Å². The Morgan fingerprint density at radius 1 is 1.28 bits per heavy atom. The lowest BCUT2D eigenvalue weighted by Crippen LogP contribution is -2.00. The van der Waals surface area contributed by atoms with E-state index in [1.165, 1.54) is 12.1 Å². The quantitative estimate of drug-likeness (QED) is 0.943. The summed E-state index contributed by atoms with van der Waals surface area (Å²) in [4.78, 5) is 7.46. The molecule has 1 aromatic carbocycles. The maximum absolute atomic E-state index is 13.4. The summed E-state index contributed by atoms with van der Waals surface area (Å²) in [5.41, 5.74) is 0. The Morgan fingerprint density at radius 3 is 2.72 bits per heavy atom. The predicted octanol–water partition coefficient (Wildman–Crippen LogP) is 3.35. The normalized spacial score (nSPS) is 10.2. The summed E-state index contributed by atoms with van der Waals surface area (Å²) in [5, 5.41) is 2.65. The minimum atomic E-state index is -0.727. The van der Waals surface area contributed by atoms with E-state index in [1.54, 1.807) is 7.05 Å². The molecule has 0 amide bonds. The van der Waals surface area contributed by atoms with Crippen molar-refractivity contribution in [3.63, 3.8) is 0 Å². The largest absolute Gasteiger partial charge is 0.436 e. The number of halogens is 3. The molecule has 2 aromatic rings. The van der Waals surface area contributed by atoms with E-state index in [2.05, 4.69) is 31.2 Å². The van der Waals surface area contributed by atoms with Crippen molar-refractivity contribution in [2.75, 3.05) is 12.4 Å². The second-order valence-corrected chi connectivity index (χ2v) is 4.22. The molecule has 2 rings (SSSR count). The van der Waals surface area contributed by atoms with Gasteiger partial charge in [-0.05, 0) is 12.1 Å². The molecule has 0 aliphatic heterocycles. The van der Waals surface area contributed by atoms with Crippen molar-refractivity contribution in [3.05, 3.63) is 40.5 Å². The molecule has 0 atom stereocenters. The smallest absolute Gasteiger partial charge is 0.260 e. The summed E-state index contributed by atoms with van der Waals surface area (Å²) in [5.74, 6) is -1.15. The van der Waals surface area contributed by atoms with E-state index in [-0.39, 0.29) is 17.6 Å². The number of hydrogen-bond donors (Lipinski definition) is 1. The van der Waals surface area contributed by atoms with Gasteiger partial charge in [0.2, 0.25) is 11.8 Å². The van der Waals surface area contributed by atoms with Crippen molar-refractivity contribution in [1.29, 1.82) is 0 Å². The molecule has 18 heavy (non-hydrogen) atoms. The first-order valence-electron chi connectivity index (χ1n) is 4.92. The van der Waals surface area contributed by atoms with Gasteiger partial charge in [0.25, 0.3) is 5.88 Å². The maximum atomic E-state index is 13.4. The molecule has 4 nitrogen and oxygen atoms in total. The molecule has 0 aliphatic carbocycles. The molecule has 1 aromatic heterocycles. The molecule has 1 heterocycles. The summed E-state index contributed by atoms with van der Waals surface area (Å²) < 4.78 is 32.2. The molecule has 94 valence electrons. The van der Waals surface area contributed by atoms with Gasteiger partial charge >= 0.3 is 0 Å². The molecular weight excluding hydrogens is 308 g/mol. The van der Waals surface area contributed by atoms with Crippen molar-refractivity contribution in [2.45, 2.75) is 0 Å². The number of nitrogens with zero attached hydrogens (tertiary/aromatic N) is 2. The summed E-state index contributed by atoms with van der Waals surface area (Å²) in [6, 6.07) is 3.90. The number of hydrogen-bond acceptors (Lipinski definition) is 4. The zero-order valence-corrected chi connectivity index (χ0v) is 10.8. The molecule has 1 N–H and O–H groups in total. The molecule has 0 fully saturated rings. The fraction of sp³-hybridized carbons (Fsp3) is 0.0909. The van der Waals surface area contributed by atoms with Crippen LogP contribution < -0.4 is 10.1 Å². The summed E-state index contributed by atoms with van der Waals surface area (Å²) >= 11 is 3.11. The third-order valence-electron chi connectivity index (χ3n) is 1.99. The number of aromatic nitrogens is 2. The molecule has 0 radical (unpaired) electrons. The molecule has 0 bridgehead atoms. The first-order chi connectivity index (χ1) is 8.58.